The van der Waals surface area contributed by atoms with E-state index in [9.17, 15) is 9.59 Å². The Balaban J connectivity index is 1.38. The minimum atomic E-state index is -0.00168. The number of hydrogen-bond donors (Lipinski definition) is 0. The van der Waals surface area contributed by atoms with Gasteiger partial charge in [0, 0.05) is 44.7 Å². The molecule has 0 aromatic heterocycles. The molecule has 1 aliphatic heterocycles. The Kier molecular flexibility index (Phi) is 7.59. The molecule has 1 aliphatic rings. The Bertz CT molecular complexity index is 823. The molecule has 1 amide bonds. The molecule has 152 valence electrons. The Hall–Kier alpha value is -2.92. The lowest BCUT2D eigenvalue weighted by molar-refractivity contribution is -0.135. The number of nitrogens with zero attached hydrogens (tertiary/aromatic N) is 2. The molecule has 2 aromatic carbocycles. The molecule has 0 atom stereocenters. The van der Waals surface area contributed by atoms with Crippen molar-refractivity contribution >= 4 is 17.8 Å². The first-order chi connectivity index (χ1) is 14.2. The summed E-state index contributed by atoms with van der Waals surface area (Å²) in [6, 6.07) is 17.2. The summed E-state index contributed by atoms with van der Waals surface area (Å²) in [5.74, 6) is 0.706. The molecule has 0 aliphatic carbocycles. The number of carbonyl (C=O) groups excluding carboxylic acids is 2. The number of ketones is 1. The minimum Gasteiger partial charge on any atom is -0.484 e. The molecule has 0 spiro atoms. The van der Waals surface area contributed by atoms with Crippen LogP contribution >= 0.6 is 0 Å². The first-order valence-electron chi connectivity index (χ1n) is 10.1. The number of benzene rings is 2. The summed E-state index contributed by atoms with van der Waals surface area (Å²) in [7, 11) is 0. The van der Waals surface area contributed by atoms with Crippen molar-refractivity contribution in [1.29, 1.82) is 0 Å². The van der Waals surface area contributed by atoms with E-state index >= 15 is 0 Å². The van der Waals surface area contributed by atoms with Crippen LogP contribution in [0.1, 0.15) is 29.3 Å². The maximum atomic E-state index is 12.4. The molecule has 5 heteroatoms. The molecule has 1 fully saturated rings. The zero-order chi connectivity index (χ0) is 20.5. The summed E-state index contributed by atoms with van der Waals surface area (Å²) in [5.41, 5.74) is 1.87. The highest BCUT2D eigenvalue weighted by atomic mass is 16.5. The van der Waals surface area contributed by atoms with Crippen molar-refractivity contribution in [3.8, 4) is 5.75 Å². The van der Waals surface area contributed by atoms with Crippen LogP contribution in [0, 0.1) is 0 Å². The highest BCUT2D eigenvalue weighted by Crippen LogP contribution is 2.14. The Morgan fingerprint density at radius 2 is 1.66 bits per heavy atom. The fraction of sp³-hybridized carbons (Fsp3) is 0.333. The van der Waals surface area contributed by atoms with Crippen LogP contribution in [0.2, 0.25) is 0 Å². The van der Waals surface area contributed by atoms with Crippen LogP contribution in [0.3, 0.4) is 0 Å². The van der Waals surface area contributed by atoms with E-state index < -0.39 is 0 Å². The molecule has 1 heterocycles. The van der Waals surface area contributed by atoms with Crippen molar-refractivity contribution in [3.05, 3.63) is 71.8 Å². The Morgan fingerprint density at radius 1 is 0.966 bits per heavy atom. The van der Waals surface area contributed by atoms with Crippen LogP contribution in [0.25, 0.3) is 6.08 Å². The van der Waals surface area contributed by atoms with Crippen molar-refractivity contribution in [3.63, 3.8) is 0 Å². The van der Waals surface area contributed by atoms with Gasteiger partial charge in [0.15, 0.2) is 12.4 Å². The lowest BCUT2D eigenvalue weighted by atomic mass is 10.1. The van der Waals surface area contributed by atoms with Gasteiger partial charge in [-0.3, -0.25) is 14.5 Å². The van der Waals surface area contributed by atoms with Gasteiger partial charge < -0.3 is 9.64 Å². The lowest BCUT2D eigenvalue weighted by Crippen LogP contribution is -2.49. The predicted molar refractivity (Wildman–Crippen MR) is 115 cm³/mol. The zero-order valence-electron chi connectivity index (χ0n) is 16.9. The fourth-order valence-corrected chi connectivity index (χ4v) is 3.26. The van der Waals surface area contributed by atoms with E-state index in [1.165, 1.54) is 5.56 Å². The first kappa shape index (κ1) is 20.8. The maximum Gasteiger partial charge on any atom is 0.260 e. The van der Waals surface area contributed by atoms with E-state index in [0.717, 1.165) is 19.6 Å². The molecule has 2 aromatic rings. The SMILES string of the molecule is CCC(=O)c1ccc(OCC(=O)N2CCN(C/C=C/c3ccccc3)CC2)cc1. The monoisotopic (exact) mass is 392 g/mol. The third kappa shape index (κ3) is 6.29. The van der Waals surface area contributed by atoms with E-state index in [0.29, 0.717) is 30.8 Å². The quantitative estimate of drug-likeness (QED) is 0.645. The number of amides is 1. The minimum absolute atomic E-state index is 0.00168. The van der Waals surface area contributed by atoms with Crippen LogP contribution < -0.4 is 4.74 Å². The molecule has 1 saturated heterocycles. The van der Waals surface area contributed by atoms with E-state index in [-0.39, 0.29) is 18.3 Å². The average Bonchev–Trinajstić information content (AvgIpc) is 2.78. The van der Waals surface area contributed by atoms with Crippen molar-refractivity contribution in [2.75, 3.05) is 39.3 Å². The second kappa shape index (κ2) is 10.6. The van der Waals surface area contributed by atoms with E-state index in [1.807, 2.05) is 30.0 Å². The number of ether oxygens (including phenoxy) is 1. The molecular weight excluding hydrogens is 364 g/mol. The molecule has 0 unspecified atom stereocenters. The fourth-order valence-electron chi connectivity index (χ4n) is 3.26. The molecule has 3 rings (SSSR count). The van der Waals surface area contributed by atoms with Gasteiger partial charge in [-0.25, -0.2) is 0 Å². The van der Waals surface area contributed by atoms with Gasteiger partial charge in [-0.2, -0.15) is 0 Å². The summed E-state index contributed by atoms with van der Waals surface area (Å²) in [6.45, 7) is 5.89. The Labute approximate surface area is 172 Å². The van der Waals surface area contributed by atoms with Crippen LogP contribution in [-0.2, 0) is 4.79 Å². The summed E-state index contributed by atoms with van der Waals surface area (Å²) >= 11 is 0. The molecule has 0 N–H and O–H groups in total. The highest BCUT2D eigenvalue weighted by Gasteiger charge is 2.20. The van der Waals surface area contributed by atoms with Gasteiger partial charge in [-0.15, -0.1) is 0 Å². The molecule has 5 nitrogen and oxygen atoms in total. The van der Waals surface area contributed by atoms with Crippen LogP contribution in [0.15, 0.2) is 60.7 Å². The third-order valence-electron chi connectivity index (χ3n) is 5.06. The van der Waals surface area contributed by atoms with Gasteiger partial charge in [0.05, 0.1) is 0 Å². The van der Waals surface area contributed by atoms with Crippen LogP contribution in [0.4, 0.5) is 0 Å². The summed E-state index contributed by atoms with van der Waals surface area (Å²) in [6.07, 6.45) is 4.78. The van der Waals surface area contributed by atoms with Crippen LogP contribution in [0.5, 0.6) is 5.75 Å². The second-order valence-electron chi connectivity index (χ2n) is 7.08. The van der Waals surface area contributed by atoms with E-state index in [2.05, 4.69) is 29.2 Å². The van der Waals surface area contributed by atoms with Gasteiger partial charge in [0.25, 0.3) is 5.91 Å². The third-order valence-corrected chi connectivity index (χ3v) is 5.06. The topological polar surface area (TPSA) is 49.9 Å². The van der Waals surface area contributed by atoms with Gasteiger partial charge in [0.1, 0.15) is 5.75 Å². The van der Waals surface area contributed by atoms with Crippen molar-refractivity contribution < 1.29 is 14.3 Å². The summed E-state index contributed by atoms with van der Waals surface area (Å²) in [4.78, 5) is 28.3. The standard InChI is InChI=1S/C24H28N2O3/c1-2-23(27)21-10-12-22(13-11-21)29-19-24(28)26-17-15-25(16-18-26)14-6-9-20-7-4-3-5-8-20/h3-13H,2,14-19H2,1H3/b9-6+. The maximum absolute atomic E-state index is 12.4. The number of rotatable bonds is 8. The number of piperazine rings is 1. The normalized spacial score (nSPS) is 14.9. The average molecular weight is 392 g/mol. The zero-order valence-corrected chi connectivity index (χ0v) is 16.9. The Morgan fingerprint density at radius 3 is 2.31 bits per heavy atom. The van der Waals surface area contributed by atoms with E-state index in [1.54, 1.807) is 24.3 Å². The lowest BCUT2D eigenvalue weighted by Gasteiger charge is -2.34. The number of hydrogen-bond acceptors (Lipinski definition) is 4. The summed E-state index contributed by atoms with van der Waals surface area (Å²) < 4.78 is 5.60. The van der Waals surface area contributed by atoms with Gasteiger partial charge in [0.2, 0.25) is 0 Å². The molecule has 0 bridgehead atoms. The predicted octanol–water partition coefficient (Wildman–Crippen LogP) is 3.52. The molecular formula is C24H28N2O3. The second-order valence-corrected chi connectivity index (χ2v) is 7.08. The smallest absolute Gasteiger partial charge is 0.260 e. The number of Topliss-reactive ketones (excluding diaryl/α,β-unsaturated/α-hetero) is 1. The van der Waals surface area contributed by atoms with Crippen LogP contribution in [-0.4, -0.2) is 60.8 Å². The largest absolute Gasteiger partial charge is 0.484 e. The van der Waals surface area contributed by atoms with Gasteiger partial charge >= 0.3 is 0 Å². The molecule has 0 radical (unpaired) electrons. The number of carbonyl (C=O) groups is 2. The van der Waals surface area contributed by atoms with Crippen molar-refractivity contribution in [2.24, 2.45) is 0 Å². The van der Waals surface area contributed by atoms with E-state index in [4.69, 9.17) is 4.74 Å². The van der Waals surface area contributed by atoms with Crippen molar-refractivity contribution in [2.45, 2.75) is 13.3 Å². The van der Waals surface area contributed by atoms with Crippen molar-refractivity contribution in [1.82, 2.24) is 9.80 Å². The first-order valence-corrected chi connectivity index (χ1v) is 10.1. The van der Waals surface area contributed by atoms with Gasteiger partial charge in [-0.05, 0) is 29.8 Å². The molecule has 0 saturated carbocycles. The van der Waals surface area contributed by atoms with Gasteiger partial charge in [-0.1, -0.05) is 49.4 Å². The highest BCUT2D eigenvalue weighted by molar-refractivity contribution is 5.95. The summed E-state index contributed by atoms with van der Waals surface area (Å²) in [5, 5.41) is 0. The molecule has 29 heavy (non-hydrogen) atoms.